The maximum atomic E-state index is 12.6. The van der Waals surface area contributed by atoms with Crippen molar-refractivity contribution in [3.63, 3.8) is 0 Å². The van der Waals surface area contributed by atoms with Crippen LogP contribution in [0.3, 0.4) is 0 Å². The topological polar surface area (TPSA) is 78.4 Å². The van der Waals surface area contributed by atoms with Crippen molar-refractivity contribution in [2.45, 2.75) is 20.8 Å². The monoisotopic (exact) mass is 387 g/mol. The van der Waals surface area contributed by atoms with E-state index in [4.69, 9.17) is 11.6 Å². The number of piperazine rings is 1. The van der Waals surface area contributed by atoms with Gasteiger partial charge in [0, 0.05) is 39.3 Å². The molecule has 1 aromatic carbocycles. The molecule has 1 aliphatic rings. The largest absolute Gasteiger partial charge is 0.339 e. The minimum Gasteiger partial charge on any atom is -0.339 e. The van der Waals surface area contributed by atoms with Crippen molar-refractivity contribution in [3.05, 3.63) is 46.2 Å². The maximum absolute atomic E-state index is 12.6. The van der Waals surface area contributed by atoms with Crippen LogP contribution in [0.5, 0.6) is 0 Å². The first kappa shape index (κ1) is 19.1. The molecule has 0 spiro atoms. The summed E-state index contributed by atoms with van der Waals surface area (Å²) in [5, 5.41) is 3.34. The summed E-state index contributed by atoms with van der Waals surface area (Å²) in [6.45, 7) is 7.92. The highest BCUT2D eigenvalue weighted by atomic mass is 35.5. The molecule has 1 fully saturated rings. The Hall–Kier alpha value is -2.67. The summed E-state index contributed by atoms with van der Waals surface area (Å²) in [5.41, 5.74) is 2.78. The molecule has 2 amide bonds. The lowest BCUT2D eigenvalue weighted by Gasteiger charge is -2.34. The van der Waals surface area contributed by atoms with Gasteiger partial charge in [-0.3, -0.25) is 9.59 Å². The number of anilines is 2. The smallest absolute Gasteiger partial charge is 0.274 e. The fraction of sp³-hybridized carbons (Fsp3) is 0.368. The molecule has 0 saturated carbocycles. The Morgan fingerprint density at radius 2 is 1.85 bits per heavy atom. The lowest BCUT2D eigenvalue weighted by molar-refractivity contribution is -0.129. The highest BCUT2D eigenvalue weighted by Gasteiger charge is 2.21. The van der Waals surface area contributed by atoms with E-state index in [9.17, 15) is 9.59 Å². The van der Waals surface area contributed by atoms with Gasteiger partial charge in [0.15, 0.2) is 0 Å². The van der Waals surface area contributed by atoms with E-state index in [0.29, 0.717) is 42.8 Å². The third kappa shape index (κ3) is 4.36. The Morgan fingerprint density at radius 1 is 1.15 bits per heavy atom. The highest BCUT2D eigenvalue weighted by Crippen LogP contribution is 2.27. The highest BCUT2D eigenvalue weighted by molar-refractivity contribution is 6.34. The van der Waals surface area contributed by atoms with Crippen LogP contribution in [-0.2, 0) is 4.79 Å². The number of nitrogens with zero attached hydrogens (tertiary/aromatic N) is 4. The number of carbonyl (C=O) groups is 2. The van der Waals surface area contributed by atoms with Crippen LogP contribution < -0.4 is 10.2 Å². The molecule has 0 bridgehead atoms. The predicted molar refractivity (Wildman–Crippen MR) is 105 cm³/mol. The van der Waals surface area contributed by atoms with Crippen LogP contribution >= 0.6 is 11.6 Å². The van der Waals surface area contributed by atoms with E-state index < -0.39 is 0 Å². The standard InChI is InChI=1S/C19H22ClN5O2/c1-12-10-13(2)17(15(20)11-12)23-18(27)16-4-5-21-19(22-16)25-8-6-24(7-9-25)14(3)26/h4-5,10-11H,6-9H2,1-3H3,(H,23,27). The van der Waals surface area contributed by atoms with Gasteiger partial charge in [-0.05, 0) is 37.1 Å². The van der Waals surface area contributed by atoms with Crippen LogP contribution in [0.15, 0.2) is 24.4 Å². The van der Waals surface area contributed by atoms with Crippen LogP contribution in [0, 0.1) is 13.8 Å². The molecule has 27 heavy (non-hydrogen) atoms. The van der Waals surface area contributed by atoms with Crippen molar-refractivity contribution in [1.82, 2.24) is 14.9 Å². The average Bonchev–Trinajstić information content (AvgIpc) is 2.64. The Labute approximate surface area is 163 Å². The molecule has 2 heterocycles. The number of halogens is 1. The van der Waals surface area contributed by atoms with Gasteiger partial charge >= 0.3 is 0 Å². The molecule has 0 aliphatic carbocycles. The predicted octanol–water partition coefficient (Wildman–Crippen LogP) is 2.67. The Morgan fingerprint density at radius 3 is 2.48 bits per heavy atom. The molecule has 0 unspecified atom stereocenters. The molecule has 0 radical (unpaired) electrons. The summed E-state index contributed by atoms with van der Waals surface area (Å²) in [6, 6.07) is 5.34. The third-order valence-electron chi connectivity index (χ3n) is 4.55. The number of hydrogen-bond donors (Lipinski definition) is 1. The molecule has 7 nitrogen and oxygen atoms in total. The molecule has 142 valence electrons. The van der Waals surface area contributed by atoms with Crippen LogP contribution in [0.1, 0.15) is 28.5 Å². The second kappa shape index (κ2) is 7.92. The zero-order valence-corrected chi connectivity index (χ0v) is 16.4. The fourth-order valence-corrected chi connectivity index (χ4v) is 3.47. The van der Waals surface area contributed by atoms with Crippen LogP contribution in [0.25, 0.3) is 0 Å². The van der Waals surface area contributed by atoms with E-state index in [0.717, 1.165) is 11.1 Å². The van der Waals surface area contributed by atoms with Gasteiger partial charge in [0.05, 0.1) is 10.7 Å². The first-order valence-electron chi connectivity index (χ1n) is 8.77. The second-order valence-electron chi connectivity index (χ2n) is 6.63. The quantitative estimate of drug-likeness (QED) is 0.875. The maximum Gasteiger partial charge on any atom is 0.274 e. The van der Waals surface area contributed by atoms with Gasteiger partial charge in [0.2, 0.25) is 11.9 Å². The lowest BCUT2D eigenvalue weighted by Crippen LogP contribution is -2.48. The fourth-order valence-electron chi connectivity index (χ4n) is 3.10. The molecule has 0 atom stereocenters. The normalized spacial score (nSPS) is 14.2. The Bertz CT molecular complexity index is 855. The zero-order valence-electron chi connectivity index (χ0n) is 15.6. The van der Waals surface area contributed by atoms with Gasteiger partial charge in [-0.2, -0.15) is 0 Å². The molecular weight excluding hydrogens is 366 g/mol. The molecular formula is C19H22ClN5O2. The number of nitrogens with one attached hydrogen (secondary N) is 1. The summed E-state index contributed by atoms with van der Waals surface area (Å²) < 4.78 is 0. The van der Waals surface area contributed by atoms with Crippen molar-refractivity contribution >= 4 is 35.1 Å². The molecule has 3 rings (SSSR count). The number of amides is 2. The first-order chi connectivity index (χ1) is 12.8. The summed E-state index contributed by atoms with van der Waals surface area (Å²) >= 11 is 6.27. The lowest BCUT2D eigenvalue weighted by atomic mass is 10.1. The minimum atomic E-state index is -0.338. The number of rotatable bonds is 3. The van der Waals surface area contributed by atoms with E-state index in [1.165, 1.54) is 0 Å². The van der Waals surface area contributed by atoms with E-state index in [1.54, 1.807) is 24.1 Å². The van der Waals surface area contributed by atoms with Crippen molar-refractivity contribution in [2.24, 2.45) is 0 Å². The summed E-state index contributed by atoms with van der Waals surface area (Å²) in [6.07, 6.45) is 1.57. The average molecular weight is 388 g/mol. The molecule has 1 saturated heterocycles. The number of aryl methyl sites for hydroxylation is 2. The van der Waals surface area contributed by atoms with Crippen LogP contribution in [0.4, 0.5) is 11.6 Å². The Balaban J connectivity index is 1.74. The summed E-state index contributed by atoms with van der Waals surface area (Å²) in [7, 11) is 0. The van der Waals surface area contributed by atoms with Gasteiger partial charge in [0.25, 0.3) is 5.91 Å². The summed E-state index contributed by atoms with van der Waals surface area (Å²) in [4.78, 5) is 36.5. The molecule has 1 N–H and O–H groups in total. The second-order valence-corrected chi connectivity index (χ2v) is 7.03. The third-order valence-corrected chi connectivity index (χ3v) is 4.85. The number of carbonyl (C=O) groups excluding carboxylic acids is 2. The van der Waals surface area contributed by atoms with Crippen molar-refractivity contribution in [2.75, 3.05) is 36.4 Å². The van der Waals surface area contributed by atoms with Crippen LogP contribution in [0.2, 0.25) is 5.02 Å². The zero-order chi connectivity index (χ0) is 19.6. The van der Waals surface area contributed by atoms with Gasteiger partial charge < -0.3 is 15.1 Å². The Kier molecular flexibility index (Phi) is 5.60. The van der Waals surface area contributed by atoms with E-state index in [2.05, 4.69) is 15.3 Å². The van der Waals surface area contributed by atoms with Crippen LogP contribution in [-0.4, -0.2) is 52.9 Å². The van der Waals surface area contributed by atoms with Crippen molar-refractivity contribution in [3.8, 4) is 0 Å². The van der Waals surface area contributed by atoms with E-state index in [-0.39, 0.29) is 17.5 Å². The van der Waals surface area contributed by atoms with Gasteiger partial charge in [-0.25, -0.2) is 9.97 Å². The van der Waals surface area contributed by atoms with Gasteiger partial charge in [-0.15, -0.1) is 0 Å². The van der Waals surface area contributed by atoms with E-state index in [1.807, 2.05) is 30.9 Å². The number of benzene rings is 1. The molecule has 1 aliphatic heterocycles. The molecule has 1 aromatic heterocycles. The van der Waals surface area contributed by atoms with Crippen molar-refractivity contribution in [1.29, 1.82) is 0 Å². The number of aromatic nitrogens is 2. The summed E-state index contributed by atoms with van der Waals surface area (Å²) in [5.74, 6) is 0.210. The van der Waals surface area contributed by atoms with Crippen molar-refractivity contribution < 1.29 is 9.59 Å². The number of hydrogen-bond acceptors (Lipinski definition) is 5. The van der Waals surface area contributed by atoms with E-state index >= 15 is 0 Å². The molecule has 2 aromatic rings. The molecule has 8 heteroatoms. The van der Waals surface area contributed by atoms with Gasteiger partial charge in [-0.1, -0.05) is 17.7 Å². The first-order valence-corrected chi connectivity index (χ1v) is 9.14. The van der Waals surface area contributed by atoms with Gasteiger partial charge in [0.1, 0.15) is 5.69 Å². The minimum absolute atomic E-state index is 0.0639. The SMILES string of the molecule is CC(=O)N1CCN(c2nccc(C(=O)Nc3c(C)cc(C)cc3Cl)n2)CC1.